The van der Waals surface area contributed by atoms with Crippen molar-refractivity contribution >= 4 is 33.0 Å². The van der Waals surface area contributed by atoms with Crippen molar-refractivity contribution in [2.24, 2.45) is 0 Å². The second-order valence-corrected chi connectivity index (χ2v) is 9.65. The molecule has 1 saturated heterocycles. The van der Waals surface area contributed by atoms with E-state index in [0.29, 0.717) is 15.1 Å². The van der Waals surface area contributed by atoms with Gasteiger partial charge in [0.2, 0.25) is 0 Å². The number of methoxy groups -OCH3 is 1. The Morgan fingerprint density at radius 1 is 1.12 bits per heavy atom. The van der Waals surface area contributed by atoms with Gasteiger partial charge in [0.05, 0.1) is 17.5 Å². The van der Waals surface area contributed by atoms with Gasteiger partial charge in [-0.1, -0.05) is 36.6 Å². The molecular weight excluding hydrogens is 366 g/mol. The number of ether oxygens (including phenoxy) is 1. The lowest BCUT2D eigenvalue weighted by Crippen LogP contribution is -2.34. The van der Waals surface area contributed by atoms with E-state index in [0.717, 1.165) is 48.3 Å². The molecular formula is C17H20ClNO3S2. The minimum atomic E-state index is -3.54. The summed E-state index contributed by atoms with van der Waals surface area (Å²) in [5, 5.41) is 0. The molecule has 1 atom stereocenters. The Bertz CT molecular complexity index is 786. The molecule has 0 aliphatic carbocycles. The van der Waals surface area contributed by atoms with Crippen LogP contribution in [0, 0.1) is 0 Å². The number of nitrogens with zero attached hydrogens (tertiary/aromatic N) is 1. The van der Waals surface area contributed by atoms with E-state index in [-0.39, 0.29) is 6.04 Å². The van der Waals surface area contributed by atoms with Crippen molar-refractivity contribution in [1.82, 2.24) is 4.31 Å². The van der Waals surface area contributed by atoms with Gasteiger partial charge in [0.15, 0.2) is 0 Å². The van der Waals surface area contributed by atoms with Gasteiger partial charge in [0.25, 0.3) is 10.0 Å². The average molecular weight is 386 g/mol. The topological polar surface area (TPSA) is 46.6 Å². The molecule has 0 amide bonds. The highest BCUT2D eigenvalue weighted by atomic mass is 35.5. The fraction of sp³-hybridized carbons (Fsp3) is 0.412. The first kappa shape index (κ1) is 17.7. The predicted molar refractivity (Wildman–Crippen MR) is 97.4 cm³/mol. The fourth-order valence-corrected chi connectivity index (χ4v) is 6.38. The van der Waals surface area contributed by atoms with Gasteiger partial charge in [-0.3, -0.25) is 0 Å². The summed E-state index contributed by atoms with van der Waals surface area (Å²) in [5.41, 5.74) is 1.00. The van der Waals surface area contributed by atoms with Gasteiger partial charge in [-0.2, -0.15) is 4.31 Å². The highest BCUT2D eigenvalue weighted by Gasteiger charge is 2.34. The number of rotatable bonds is 4. The third-order valence-electron chi connectivity index (χ3n) is 4.32. The molecule has 2 heterocycles. The monoisotopic (exact) mass is 385 g/mol. The molecule has 7 heteroatoms. The molecule has 4 nitrogen and oxygen atoms in total. The first-order valence-corrected chi connectivity index (χ1v) is 10.6. The van der Waals surface area contributed by atoms with Crippen molar-refractivity contribution < 1.29 is 13.2 Å². The van der Waals surface area contributed by atoms with Crippen molar-refractivity contribution in [3.63, 3.8) is 0 Å². The molecule has 1 aromatic heterocycles. The maximum Gasteiger partial charge on any atom is 0.253 e. The predicted octanol–water partition coefficient (Wildman–Crippen LogP) is 4.72. The third kappa shape index (κ3) is 3.61. The SMILES string of the molecule is COc1ccc(C2CCCCCN2S(=O)(=O)c2ccc(Cl)s2)cc1. The summed E-state index contributed by atoms with van der Waals surface area (Å²) in [4.78, 5) is 0. The van der Waals surface area contributed by atoms with Crippen molar-refractivity contribution in [1.29, 1.82) is 0 Å². The summed E-state index contributed by atoms with van der Waals surface area (Å²) in [6.07, 6.45) is 3.77. The van der Waals surface area contributed by atoms with Crippen LogP contribution in [0.1, 0.15) is 37.3 Å². The van der Waals surface area contributed by atoms with E-state index in [2.05, 4.69) is 0 Å². The van der Waals surface area contributed by atoms with Crippen molar-refractivity contribution in [3.05, 3.63) is 46.3 Å². The Kier molecular flexibility index (Phi) is 5.49. The van der Waals surface area contributed by atoms with E-state index >= 15 is 0 Å². The summed E-state index contributed by atoms with van der Waals surface area (Å²) < 4.78 is 33.9. The summed E-state index contributed by atoms with van der Waals surface area (Å²) in [6, 6.07) is 10.8. The summed E-state index contributed by atoms with van der Waals surface area (Å²) in [5.74, 6) is 0.770. The molecule has 0 spiro atoms. The molecule has 0 radical (unpaired) electrons. The van der Waals surface area contributed by atoms with E-state index in [9.17, 15) is 8.42 Å². The minimum Gasteiger partial charge on any atom is -0.497 e. The summed E-state index contributed by atoms with van der Waals surface area (Å²) >= 11 is 7.06. The zero-order valence-electron chi connectivity index (χ0n) is 13.4. The lowest BCUT2D eigenvalue weighted by molar-refractivity contribution is 0.329. The molecule has 1 aliphatic heterocycles. The Morgan fingerprint density at radius 2 is 1.88 bits per heavy atom. The standard InChI is InChI=1S/C17H20ClNO3S2/c1-22-14-8-6-13(7-9-14)15-5-3-2-4-12-19(15)24(20,21)17-11-10-16(18)23-17/h6-11,15H,2-5,12H2,1H3. The highest BCUT2D eigenvalue weighted by Crippen LogP contribution is 2.37. The van der Waals surface area contributed by atoms with Crippen LogP contribution in [0.2, 0.25) is 4.34 Å². The lowest BCUT2D eigenvalue weighted by Gasteiger charge is -2.29. The number of sulfonamides is 1. The van der Waals surface area contributed by atoms with E-state index < -0.39 is 10.0 Å². The Balaban J connectivity index is 1.98. The van der Waals surface area contributed by atoms with Gasteiger partial charge in [0, 0.05) is 6.54 Å². The van der Waals surface area contributed by atoms with Crippen molar-refractivity contribution in [3.8, 4) is 5.75 Å². The first-order chi connectivity index (χ1) is 11.5. The normalized spacial score (nSPS) is 19.8. The molecule has 0 N–H and O–H groups in total. The summed E-state index contributed by atoms with van der Waals surface area (Å²) in [7, 11) is -1.92. The maximum absolute atomic E-state index is 13.1. The molecule has 0 bridgehead atoms. The molecule has 130 valence electrons. The van der Waals surface area contributed by atoms with Gasteiger partial charge in [0.1, 0.15) is 9.96 Å². The number of hydrogen-bond donors (Lipinski definition) is 0. The van der Waals surface area contributed by atoms with Gasteiger partial charge >= 0.3 is 0 Å². The Morgan fingerprint density at radius 3 is 2.50 bits per heavy atom. The maximum atomic E-state index is 13.1. The largest absolute Gasteiger partial charge is 0.497 e. The van der Waals surface area contributed by atoms with Gasteiger partial charge in [-0.05, 0) is 42.7 Å². The highest BCUT2D eigenvalue weighted by molar-refractivity contribution is 7.91. The number of hydrogen-bond acceptors (Lipinski definition) is 4. The van der Waals surface area contributed by atoms with Crippen LogP contribution in [0.15, 0.2) is 40.6 Å². The number of halogens is 1. The van der Waals surface area contributed by atoms with E-state index in [1.165, 1.54) is 0 Å². The van der Waals surface area contributed by atoms with E-state index in [1.807, 2.05) is 24.3 Å². The first-order valence-electron chi connectivity index (χ1n) is 7.93. The number of benzene rings is 1. The minimum absolute atomic E-state index is 0.149. The van der Waals surface area contributed by atoms with E-state index in [4.69, 9.17) is 16.3 Å². The molecule has 1 unspecified atom stereocenters. The Labute approximate surface area is 152 Å². The lowest BCUT2D eigenvalue weighted by atomic mass is 10.0. The van der Waals surface area contributed by atoms with Crippen molar-refractivity contribution in [2.75, 3.05) is 13.7 Å². The molecule has 1 fully saturated rings. The second kappa shape index (κ2) is 7.44. The second-order valence-electron chi connectivity index (χ2n) is 5.81. The average Bonchev–Trinajstić information content (AvgIpc) is 2.88. The van der Waals surface area contributed by atoms with Gasteiger partial charge in [-0.25, -0.2) is 8.42 Å². The molecule has 0 saturated carbocycles. The molecule has 1 aliphatic rings. The molecule has 24 heavy (non-hydrogen) atoms. The van der Waals surface area contributed by atoms with Gasteiger partial charge in [-0.15, -0.1) is 11.3 Å². The zero-order valence-corrected chi connectivity index (χ0v) is 15.8. The Hall–Kier alpha value is -1.08. The van der Waals surface area contributed by atoms with Crippen LogP contribution >= 0.6 is 22.9 Å². The molecule has 1 aromatic carbocycles. The number of thiophene rings is 1. The van der Waals surface area contributed by atoms with Crippen LogP contribution in [0.25, 0.3) is 0 Å². The fourth-order valence-electron chi connectivity index (χ4n) is 3.08. The molecule has 3 rings (SSSR count). The van der Waals surface area contributed by atoms with Crippen LogP contribution in [0.4, 0.5) is 0 Å². The van der Waals surface area contributed by atoms with Crippen LogP contribution in [-0.4, -0.2) is 26.4 Å². The third-order valence-corrected chi connectivity index (χ3v) is 7.92. The van der Waals surface area contributed by atoms with Crippen LogP contribution < -0.4 is 4.74 Å². The van der Waals surface area contributed by atoms with E-state index in [1.54, 1.807) is 23.5 Å². The van der Waals surface area contributed by atoms with Gasteiger partial charge < -0.3 is 4.74 Å². The van der Waals surface area contributed by atoms with Crippen LogP contribution in [0.5, 0.6) is 5.75 Å². The summed E-state index contributed by atoms with van der Waals surface area (Å²) in [6.45, 7) is 0.536. The van der Waals surface area contributed by atoms with Crippen LogP contribution in [0.3, 0.4) is 0 Å². The smallest absolute Gasteiger partial charge is 0.253 e. The van der Waals surface area contributed by atoms with Crippen molar-refractivity contribution in [2.45, 2.75) is 35.9 Å². The molecule has 2 aromatic rings. The van der Waals surface area contributed by atoms with Crippen LogP contribution in [-0.2, 0) is 10.0 Å². The zero-order chi connectivity index (χ0) is 17.2. The quantitative estimate of drug-likeness (QED) is 0.765.